The van der Waals surface area contributed by atoms with E-state index in [1.54, 1.807) is 0 Å². The van der Waals surface area contributed by atoms with Gasteiger partial charge in [-0.2, -0.15) is 0 Å². The first-order chi connectivity index (χ1) is 9.94. The van der Waals surface area contributed by atoms with Crippen LogP contribution in [0.15, 0.2) is 0 Å². The van der Waals surface area contributed by atoms with Gasteiger partial charge in [0.05, 0.1) is 13.1 Å². The van der Waals surface area contributed by atoms with E-state index in [2.05, 4.69) is 18.7 Å². The predicted octanol–water partition coefficient (Wildman–Crippen LogP) is 0.193. The van der Waals surface area contributed by atoms with Crippen molar-refractivity contribution in [3.8, 4) is 0 Å². The van der Waals surface area contributed by atoms with Crippen LogP contribution in [0.3, 0.4) is 0 Å². The molecule has 2 saturated heterocycles. The van der Waals surface area contributed by atoms with Crippen LogP contribution in [0.1, 0.15) is 20.3 Å². The first-order valence-electron chi connectivity index (χ1n) is 7.88. The van der Waals surface area contributed by atoms with Crippen LogP contribution in [0, 0.1) is 11.8 Å². The minimum atomic E-state index is -0.782. The van der Waals surface area contributed by atoms with E-state index in [9.17, 15) is 9.59 Å². The number of carboxylic acid groups (broad SMARTS) is 1. The molecule has 0 radical (unpaired) electrons. The van der Waals surface area contributed by atoms with Gasteiger partial charge in [0, 0.05) is 39.3 Å². The van der Waals surface area contributed by atoms with Crippen molar-refractivity contribution in [1.29, 1.82) is 0 Å². The van der Waals surface area contributed by atoms with E-state index < -0.39 is 5.97 Å². The number of amides is 1. The summed E-state index contributed by atoms with van der Waals surface area (Å²) in [5, 5.41) is 8.78. The zero-order valence-corrected chi connectivity index (χ0v) is 13.1. The number of carbonyl (C=O) groups is 2. The lowest BCUT2D eigenvalue weighted by atomic mass is 9.92. The van der Waals surface area contributed by atoms with Gasteiger partial charge < -0.3 is 10.0 Å². The summed E-state index contributed by atoms with van der Waals surface area (Å²) >= 11 is 0. The van der Waals surface area contributed by atoms with Gasteiger partial charge in [0.1, 0.15) is 0 Å². The van der Waals surface area contributed by atoms with Crippen molar-refractivity contribution in [3.63, 3.8) is 0 Å². The van der Waals surface area contributed by atoms with Crippen molar-refractivity contribution in [1.82, 2.24) is 14.7 Å². The maximum absolute atomic E-state index is 12.4. The Labute approximate surface area is 126 Å². The molecule has 2 aliphatic heterocycles. The number of likely N-dealkylation sites (tertiary alicyclic amines) is 1. The molecular weight excluding hydrogens is 270 g/mol. The molecule has 0 saturated carbocycles. The summed E-state index contributed by atoms with van der Waals surface area (Å²) in [4.78, 5) is 29.1. The van der Waals surface area contributed by atoms with Gasteiger partial charge in [-0.05, 0) is 18.3 Å². The molecule has 2 rings (SSSR count). The summed E-state index contributed by atoms with van der Waals surface area (Å²) in [6.45, 7) is 9.75. The molecule has 0 aromatic rings. The molecule has 0 aliphatic carbocycles. The molecule has 2 unspecified atom stereocenters. The van der Waals surface area contributed by atoms with Crippen LogP contribution in [0.4, 0.5) is 0 Å². The number of carboxylic acids is 1. The van der Waals surface area contributed by atoms with E-state index in [0.29, 0.717) is 18.4 Å². The van der Waals surface area contributed by atoms with E-state index in [4.69, 9.17) is 5.11 Å². The van der Waals surface area contributed by atoms with Crippen molar-refractivity contribution < 1.29 is 14.7 Å². The smallest absolute Gasteiger partial charge is 0.317 e. The average Bonchev–Trinajstić information content (AvgIpc) is 2.39. The van der Waals surface area contributed by atoms with Gasteiger partial charge in [-0.25, -0.2) is 0 Å². The SMILES string of the molecule is CC1CC(C)CN(C(=O)CN2CCN(CC(=O)O)CC2)C1. The molecule has 21 heavy (non-hydrogen) atoms. The average molecular weight is 297 g/mol. The molecule has 2 atom stereocenters. The predicted molar refractivity (Wildman–Crippen MR) is 80.0 cm³/mol. The molecule has 1 amide bonds. The minimum Gasteiger partial charge on any atom is -0.480 e. The lowest BCUT2D eigenvalue weighted by Crippen LogP contribution is -2.52. The highest BCUT2D eigenvalue weighted by Gasteiger charge is 2.27. The van der Waals surface area contributed by atoms with Gasteiger partial charge in [0.25, 0.3) is 0 Å². The minimum absolute atomic E-state index is 0.100. The summed E-state index contributed by atoms with van der Waals surface area (Å²) in [5.41, 5.74) is 0. The molecule has 120 valence electrons. The van der Waals surface area contributed by atoms with Crippen molar-refractivity contribution in [2.75, 3.05) is 52.4 Å². The second-order valence-corrected chi connectivity index (χ2v) is 6.69. The highest BCUT2D eigenvalue weighted by atomic mass is 16.4. The van der Waals surface area contributed by atoms with Crippen LogP contribution >= 0.6 is 0 Å². The van der Waals surface area contributed by atoms with Crippen molar-refractivity contribution in [2.45, 2.75) is 20.3 Å². The molecule has 6 heteroatoms. The fraction of sp³-hybridized carbons (Fsp3) is 0.867. The summed E-state index contributed by atoms with van der Waals surface area (Å²) < 4.78 is 0. The summed E-state index contributed by atoms with van der Waals surface area (Å²) in [7, 11) is 0. The third kappa shape index (κ3) is 4.97. The molecule has 1 N–H and O–H groups in total. The second kappa shape index (κ2) is 7.22. The van der Waals surface area contributed by atoms with Gasteiger partial charge in [-0.15, -0.1) is 0 Å². The maximum Gasteiger partial charge on any atom is 0.317 e. The third-order valence-electron chi connectivity index (χ3n) is 4.40. The normalized spacial score (nSPS) is 28.6. The summed E-state index contributed by atoms with van der Waals surface area (Å²) in [6.07, 6.45) is 1.21. The maximum atomic E-state index is 12.4. The Morgan fingerprint density at radius 2 is 1.43 bits per heavy atom. The number of rotatable bonds is 4. The summed E-state index contributed by atoms with van der Waals surface area (Å²) in [6, 6.07) is 0. The van der Waals surface area contributed by atoms with E-state index in [1.165, 1.54) is 6.42 Å². The van der Waals surface area contributed by atoms with E-state index in [0.717, 1.165) is 39.3 Å². The molecular formula is C15H27N3O3. The van der Waals surface area contributed by atoms with Gasteiger partial charge in [-0.1, -0.05) is 13.8 Å². The van der Waals surface area contributed by atoms with Crippen molar-refractivity contribution >= 4 is 11.9 Å². The quantitative estimate of drug-likeness (QED) is 0.803. The van der Waals surface area contributed by atoms with Crippen molar-refractivity contribution in [3.05, 3.63) is 0 Å². The van der Waals surface area contributed by atoms with E-state index in [-0.39, 0.29) is 12.5 Å². The van der Waals surface area contributed by atoms with Crippen LogP contribution < -0.4 is 0 Å². The number of piperidine rings is 1. The van der Waals surface area contributed by atoms with Crippen LogP contribution in [-0.4, -0.2) is 84.0 Å². The zero-order valence-electron chi connectivity index (χ0n) is 13.1. The molecule has 0 aromatic heterocycles. The van der Waals surface area contributed by atoms with Gasteiger partial charge >= 0.3 is 5.97 Å². The lowest BCUT2D eigenvalue weighted by molar-refractivity contribution is -0.140. The molecule has 2 fully saturated rings. The first kappa shape index (κ1) is 16.2. The van der Waals surface area contributed by atoms with E-state index >= 15 is 0 Å². The number of hydrogen-bond acceptors (Lipinski definition) is 4. The zero-order chi connectivity index (χ0) is 15.4. The van der Waals surface area contributed by atoms with E-state index in [1.807, 2.05) is 9.80 Å². The van der Waals surface area contributed by atoms with Gasteiger partial charge in [-0.3, -0.25) is 19.4 Å². The lowest BCUT2D eigenvalue weighted by Gasteiger charge is -2.38. The molecule has 2 heterocycles. The molecule has 0 aromatic carbocycles. The number of hydrogen-bond donors (Lipinski definition) is 1. The highest BCUT2D eigenvalue weighted by molar-refractivity contribution is 5.78. The topological polar surface area (TPSA) is 64.1 Å². The number of carbonyl (C=O) groups excluding carboxylic acids is 1. The molecule has 6 nitrogen and oxygen atoms in total. The Kier molecular flexibility index (Phi) is 5.58. The fourth-order valence-electron chi connectivity index (χ4n) is 3.45. The fourth-order valence-corrected chi connectivity index (χ4v) is 3.45. The Balaban J connectivity index is 1.75. The Bertz CT molecular complexity index is 370. The number of piperazine rings is 1. The molecule has 0 bridgehead atoms. The van der Waals surface area contributed by atoms with Crippen LogP contribution in [-0.2, 0) is 9.59 Å². The standard InChI is InChI=1S/C15H27N3O3/c1-12-7-13(2)9-18(8-12)14(19)10-16-3-5-17(6-4-16)11-15(20)21/h12-13H,3-11H2,1-2H3,(H,20,21). The van der Waals surface area contributed by atoms with Crippen LogP contribution in [0.2, 0.25) is 0 Å². The molecule has 2 aliphatic rings. The highest BCUT2D eigenvalue weighted by Crippen LogP contribution is 2.21. The number of nitrogens with zero attached hydrogens (tertiary/aromatic N) is 3. The largest absolute Gasteiger partial charge is 0.480 e. The molecule has 0 spiro atoms. The first-order valence-corrected chi connectivity index (χ1v) is 7.88. The Morgan fingerprint density at radius 1 is 0.952 bits per heavy atom. The Morgan fingerprint density at radius 3 is 1.90 bits per heavy atom. The monoisotopic (exact) mass is 297 g/mol. The third-order valence-corrected chi connectivity index (χ3v) is 4.40. The summed E-state index contributed by atoms with van der Waals surface area (Å²) in [5.74, 6) is 0.617. The van der Waals surface area contributed by atoms with Gasteiger partial charge in [0.15, 0.2) is 0 Å². The second-order valence-electron chi connectivity index (χ2n) is 6.69. The Hall–Kier alpha value is -1.14. The van der Waals surface area contributed by atoms with Gasteiger partial charge in [0.2, 0.25) is 5.91 Å². The number of aliphatic carboxylic acids is 1. The van der Waals surface area contributed by atoms with Crippen LogP contribution in [0.25, 0.3) is 0 Å². The van der Waals surface area contributed by atoms with Crippen LogP contribution in [0.5, 0.6) is 0 Å². The van der Waals surface area contributed by atoms with Crippen molar-refractivity contribution in [2.24, 2.45) is 11.8 Å².